The van der Waals surface area contributed by atoms with Gasteiger partial charge in [0.15, 0.2) is 0 Å². The normalized spacial score (nSPS) is 11.4. The average molecular weight is 1210 g/mol. The molecular weight excluding hydrogens is 1070 g/mol. The van der Waals surface area contributed by atoms with Crippen molar-refractivity contribution in [1.82, 2.24) is 25.6 Å². The molecule has 4 amide bonds. The molecule has 2 heterocycles. The molecule has 0 aliphatic carbocycles. The minimum absolute atomic E-state index is 0.00926. The van der Waals surface area contributed by atoms with E-state index in [9.17, 15) is 24.0 Å². The first-order chi connectivity index (χ1) is 38.4. The fraction of sp³-hybridized carbons (Fsp3) is 0.776. The molecule has 0 aromatic carbocycles. The van der Waals surface area contributed by atoms with Crippen molar-refractivity contribution < 1.29 is 34.1 Å². The Morgan fingerprint density at radius 1 is 0.506 bits per heavy atom. The van der Waals surface area contributed by atoms with E-state index in [1.165, 1.54) is 17.2 Å². The lowest BCUT2D eigenvalue weighted by molar-refractivity contribution is -0.390. The number of carbonyl (C=O) groups excluding carboxylic acids is 5. The van der Waals surface area contributed by atoms with Gasteiger partial charge in [-0.05, 0) is 79.2 Å². The number of carbonyl (C=O) groups is 5. The van der Waals surface area contributed by atoms with Crippen LogP contribution in [-0.4, -0.2) is 85.3 Å². The van der Waals surface area contributed by atoms with E-state index < -0.39 is 0 Å². The largest absolute Gasteiger partial charge is 0.512 e. The minimum Gasteiger partial charge on any atom is -0.512 e. The van der Waals surface area contributed by atoms with Gasteiger partial charge in [0.2, 0.25) is 23.6 Å². The van der Waals surface area contributed by atoms with E-state index in [4.69, 9.17) is 28.0 Å². The molecule has 0 aliphatic heterocycles. The zero-order valence-electron chi connectivity index (χ0n) is 61.0. The second kappa shape index (κ2) is 56.3. The molecule has 0 saturated heterocycles. The fourth-order valence-corrected chi connectivity index (χ4v) is 4.56. The van der Waals surface area contributed by atoms with Crippen LogP contribution in [0.1, 0.15) is 277 Å². The highest BCUT2D eigenvalue weighted by Gasteiger charge is 2.14. The third-order valence-electron chi connectivity index (χ3n) is 10.4. The second-order valence-electron chi connectivity index (χ2n) is 26.3. The van der Waals surface area contributed by atoms with Gasteiger partial charge in [0.1, 0.15) is 17.7 Å². The highest BCUT2D eigenvalue weighted by atomic mass is 16.3. The van der Waals surface area contributed by atoms with Crippen molar-refractivity contribution in [1.29, 1.82) is 0 Å². The van der Waals surface area contributed by atoms with Crippen LogP contribution in [0.25, 0.3) is 0 Å². The number of nitrogens with one attached hydrogen (secondary N) is 5. The van der Waals surface area contributed by atoms with E-state index in [-0.39, 0.29) is 71.2 Å². The number of aliphatic imine (C=N–C) groups is 2. The highest BCUT2D eigenvalue weighted by molar-refractivity contribution is 5.83. The van der Waals surface area contributed by atoms with Gasteiger partial charge in [0, 0.05) is 95.7 Å². The van der Waals surface area contributed by atoms with Gasteiger partial charge in [-0.3, -0.25) is 34.0 Å². The van der Waals surface area contributed by atoms with Crippen LogP contribution in [0.4, 0.5) is 0 Å². The Bertz CT molecular complexity index is 1850. The molecule has 0 aliphatic rings. The van der Waals surface area contributed by atoms with Crippen LogP contribution < -0.4 is 38.6 Å². The summed E-state index contributed by atoms with van der Waals surface area (Å²) in [5.74, 6) is 7.50. The van der Waals surface area contributed by atoms with Crippen molar-refractivity contribution in [3.8, 4) is 0 Å². The molecule has 0 unspecified atom stereocenters. The summed E-state index contributed by atoms with van der Waals surface area (Å²) in [5.41, 5.74) is 23.2. The Hall–Kier alpha value is -5.55. The topological polar surface area (TPSA) is 317 Å². The number of hydrogen-bond donors (Lipinski definition) is 9. The number of aromatic nitrogens is 4. The molecule has 0 fully saturated rings. The maximum absolute atomic E-state index is 11.0. The molecule has 2 rings (SSSR count). The summed E-state index contributed by atoms with van der Waals surface area (Å²) in [4.78, 5) is 74.3. The van der Waals surface area contributed by atoms with Gasteiger partial charge in [-0.15, -0.1) is 0 Å². The molecule has 14 N–H and O–H groups in total. The Kier molecular flexibility index (Phi) is 63.4. The van der Waals surface area contributed by atoms with Gasteiger partial charge in [-0.2, -0.15) is 0 Å². The molecule has 2 aromatic rings. The van der Waals surface area contributed by atoms with Gasteiger partial charge in [0.05, 0.1) is 29.7 Å². The predicted octanol–water partition coefficient (Wildman–Crippen LogP) is 14.0. The molecule has 0 saturated carbocycles. The van der Waals surface area contributed by atoms with Crippen LogP contribution in [-0.2, 0) is 24.0 Å². The van der Waals surface area contributed by atoms with Crippen molar-refractivity contribution in [3.05, 3.63) is 47.8 Å². The van der Waals surface area contributed by atoms with Crippen molar-refractivity contribution in [2.45, 2.75) is 284 Å². The molecule has 0 bridgehead atoms. The average Bonchev–Trinajstić information content (AvgIpc) is 4.07. The molecule has 0 spiro atoms. The number of amidine groups is 2. The van der Waals surface area contributed by atoms with Gasteiger partial charge >= 0.3 is 0 Å². The summed E-state index contributed by atoms with van der Waals surface area (Å²) in [6, 6.07) is 1.18. The van der Waals surface area contributed by atoms with Crippen LogP contribution in [0.2, 0.25) is 0 Å². The number of aliphatic hydroxyl groups is 1. The first-order valence-corrected chi connectivity index (χ1v) is 31.3. The lowest BCUT2D eigenvalue weighted by atomic mass is 9.99. The lowest BCUT2D eigenvalue weighted by Gasteiger charge is -2.09. The Morgan fingerprint density at radius 2 is 0.847 bits per heavy atom. The Labute approximate surface area is 522 Å². The molecule has 0 atom stereocenters. The van der Waals surface area contributed by atoms with E-state index >= 15 is 0 Å². The van der Waals surface area contributed by atoms with Gasteiger partial charge in [-0.1, -0.05) is 180 Å². The lowest BCUT2D eigenvalue weighted by Crippen LogP contribution is -2.33. The number of aliphatic hydroxyl groups excluding tert-OH is 1. The zero-order chi connectivity index (χ0) is 69.4. The summed E-state index contributed by atoms with van der Waals surface area (Å²) in [6.45, 7) is 67.8. The summed E-state index contributed by atoms with van der Waals surface area (Å²) in [6.07, 6.45) is 8.22. The molecular formula is C67H139N12O6+. The quantitative estimate of drug-likeness (QED) is 0.0389. The van der Waals surface area contributed by atoms with Crippen molar-refractivity contribution in [2.75, 3.05) is 0 Å². The number of primary amides is 2. The molecule has 502 valence electrons. The van der Waals surface area contributed by atoms with E-state index in [0.29, 0.717) is 65.1 Å². The van der Waals surface area contributed by atoms with Crippen LogP contribution >= 0.6 is 0 Å². The van der Waals surface area contributed by atoms with Crippen molar-refractivity contribution >= 4 is 41.1 Å². The number of H-pyrrole nitrogens is 3. The predicted molar refractivity (Wildman–Crippen MR) is 365 cm³/mol. The zero-order valence-corrected chi connectivity index (χ0v) is 61.0. The van der Waals surface area contributed by atoms with Crippen LogP contribution in [0.5, 0.6) is 0 Å². The fourth-order valence-electron chi connectivity index (χ4n) is 4.56. The number of imidazole rings is 2. The number of nitrogens with two attached hydrogens (primary N) is 4. The maximum Gasteiger partial charge on any atom is 0.254 e. The number of ketones is 1. The van der Waals surface area contributed by atoms with Gasteiger partial charge in [-0.25, -0.2) is 15.0 Å². The summed E-state index contributed by atoms with van der Waals surface area (Å²) < 4.78 is 0. The number of Topliss-reactive ketones (excluding diaryl/α,β-unsaturated/α-hetero) is 1. The summed E-state index contributed by atoms with van der Waals surface area (Å²) >= 11 is 0. The van der Waals surface area contributed by atoms with Crippen LogP contribution in [0.15, 0.2) is 40.5 Å². The number of allylic oxidation sites excluding steroid dienone is 2. The maximum atomic E-state index is 11.0. The first kappa shape index (κ1) is 95.8. The molecule has 18 nitrogen and oxygen atoms in total. The van der Waals surface area contributed by atoms with E-state index in [1.807, 2.05) is 151 Å². The number of hydrogen-bond acceptors (Lipinski definition) is 9. The number of rotatable bonds is 18. The first-order valence-electron chi connectivity index (χ1n) is 31.3. The molecule has 18 heteroatoms. The smallest absolute Gasteiger partial charge is 0.254 e. The van der Waals surface area contributed by atoms with E-state index in [2.05, 4.69) is 116 Å². The number of aromatic amines is 3. The summed E-state index contributed by atoms with van der Waals surface area (Å²) in [5, 5.41) is 14.8. The third kappa shape index (κ3) is 74.5. The van der Waals surface area contributed by atoms with Gasteiger partial charge < -0.3 is 43.7 Å². The highest BCUT2D eigenvalue weighted by Crippen LogP contribution is 2.13. The van der Waals surface area contributed by atoms with Crippen LogP contribution in [0, 0.1) is 59.2 Å². The monoisotopic (exact) mass is 1210 g/mol. The Morgan fingerprint density at radius 3 is 0.953 bits per heavy atom. The van der Waals surface area contributed by atoms with E-state index in [0.717, 1.165) is 18.1 Å². The van der Waals surface area contributed by atoms with Crippen molar-refractivity contribution in [3.63, 3.8) is 0 Å². The van der Waals surface area contributed by atoms with Crippen LogP contribution in [0.3, 0.4) is 0 Å². The molecule has 0 radical (unpaired) electrons. The van der Waals surface area contributed by atoms with Gasteiger partial charge in [0.25, 0.3) is 5.82 Å². The molecule has 2 aromatic heterocycles. The van der Waals surface area contributed by atoms with E-state index in [1.54, 1.807) is 34.0 Å². The second-order valence-corrected chi connectivity index (χ2v) is 26.3. The number of nitrogens with zero attached hydrogens (tertiary/aromatic N) is 3. The number of amides is 4. The SMILES string of the molecule is CC(C)/C=C(\O)C(C)C.CC(C)C(N)=O.CC(C)C(N)=O.CC(C)CC(=O)C(C)C.CC(C)N=C(N)C(C)C.CC(C)N=C(N)C(C)C.CC(C)NC(=O)C(C)C.CC(C)NC(=O)C(C)C.CC(C)c1c[nH+]c(C(C)C)[nH]1.CC(C)c1cnc[nH]1. The minimum atomic E-state index is -0.241. The standard InChI is InChI=1S/C9H16N2.2C8H16O.2C7H16N2.2C7H15NO.C6H10N2.2C4H9NO/c1-6(2)8-5-10-9(11-8)7(3)4;2*1-6(2)5-8(9)7(3)4;2*1-5(2)7(8)9-6(3)4;2*1-5(2)7(9)8-6(3)4;1-5(2)6-3-7-4-8-6;2*1-3(2)4(5)6/h5-7H,1-4H3,(H,10,11);6-7H,5H2,1-4H3;5-7,9H,1-4H3;2*5-6H,1-4H3,(H2,8,9);2*5-6H,1-4H3,(H,8,9);3-5H,1-2H3,(H,7,8);2*3H,1-2H3,(H2,5,6)/p+1/b;;8-5-;;;;;;;. The molecule has 85 heavy (non-hydrogen) atoms. The third-order valence-corrected chi connectivity index (χ3v) is 10.4. The summed E-state index contributed by atoms with van der Waals surface area (Å²) in [7, 11) is 0. The van der Waals surface area contributed by atoms with Crippen molar-refractivity contribution in [2.24, 2.45) is 92.1 Å². The Balaban J connectivity index is -0.000000130.